The summed E-state index contributed by atoms with van der Waals surface area (Å²) in [5.74, 6) is -0.188. The molecule has 0 saturated carbocycles. The monoisotopic (exact) mass is 368 g/mol. The first-order valence-corrected chi connectivity index (χ1v) is 9.35. The minimum absolute atomic E-state index is 0.188. The molecular formula is C22H22ClFN2. The third kappa shape index (κ3) is 3.06. The van der Waals surface area contributed by atoms with Gasteiger partial charge in [-0.05, 0) is 55.8 Å². The Labute approximate surface area is 158 Å². The zero-order valence-corrected chi connectivity index (χ0v) is 15.9. The zero-order valence-electron chi connectivity index (χ0n) is 15.1. The maximum Gasteiger partial charge on any atom is 0.130 e. The fourth-order valence-electron chi connectivity index (χ4n) is 3.86. The fraction of sp³-hybridized carbons (Fsp3) is 0.273. The van der Waals surface area contributed by atoms with E-state index in [1.165, 1.54) is 22.7 Å². The molecule has 2 nitrogen and oxygen atoms in total. The molecule has 0 N–H and O–H groups in total. The van der Waals surface area contributed by atoms with Gasteiger partial charge in [0.1, 0.15) is 5.82 Å². The Morgan fingerprint density at radius 3 is 2.69 bits per heavy atom. The standard InChI is InChI=1S/C22H22ClFN2/c1-15(17-5-3-4-6-20(17)24)14-26-21-8-7-16(23)13-19(21)18-9-11-25(2)12-10-22(18)26/h3-8,13-14H,9-12H2,1-2H3/b15-14+. The molecule has 134 valence electrons. The van der Waals surface area contributed by atoms with E-state index < -0.39 is 0 Å². The number of fused-ring (bicyclic) bond motifs is 3. The van der Waals surface area contributed by atoms with Crippen LogP contribution in [0.15, 0.2) is 42.5 Å². The zero-order chi connectivity index (χ0) is 18.3. The topological polar surface area (TPSA) is 8.17 Å². The minimum atomic E-state index is -0.188. The quantitative estimate of drug-likeness (QED) is 0.581. The fourth-order valence-corrected chi connectivity index (χ4v) is 4.03. The lowest BCUT2D eigenvalue weighted by molar-refractivity contribution is 0.351. The van der Waals surface area contributed by atoms with E-state index in [-0.39, 0.29) is 5.82 Å². The Hall–Kier alpha value is -2.10. The molecule has 1 aliphatic rings. The second-order valence-electron chi connectivity index (χ2n) is 7.05. The van der Waals surface area contributed by atoms with Crippen molar-refractivity contribution in [2.45, 2.75) is 19.8 Å². The van der Waals surface area contributed by atoms with E-state index >= 15 is 0 Å². The van der Waals surface area contributed by atoms with Crippen LogP contribution in [0.5, 0.6) is 0 Å². The first-order chi connectivity index (χ1) is 12.5. The number of halogens is 2. The van der Waals surface area contributed by atoms with Crippen molar-refractivity contribution in [2.24, 2.45) is 0 Å². The molecule has 2 aromatic carbocycles. The van der Waals surface area contributed by atoms with Crippen LogP contribution in [-0.4, -0.2) is 29.6 Å². The summed E-state index contributed by atoms with van der Waals surface area (Å²) >= 11 is 6.28. The average Bonchev–Trinajstić information content (AvgIpc) is 2.76. The van der Waals surface area contributed by atoms with Crippen molar-refractivity contribution in [3.63, 3.8) is 0 Å². The van der Waals surface area contributed by atoms with Gasteiger partial charge >= 0.3 is 0 Å². The highest BCUT2D eigenvalue weighted by Crippen LogP contribution is 2.32. The van der Waals surface area contributed by atoms with Crippen LogP contribution in [0.1, 0.15) is 23.7 Å². The molecule has 0 atom stereocenters. The second kappa shape index (κ2) is 6.90. The van der Waals surface area contributed by atoms with Crippen molar-refractivity contribution in [2.75, 3.05) is 20.1 Å². The molecule has 1 aromatic heterocycles. The Balaban J connectivity index is 1.92. The van der Waals surface area contributed by atoms with Gasteiger partial charge in [0, 0.05) is 47.4 Å². The number of hydrogen-bond acceptors (Lipinski definition) is 1. The van der Waals surface area contributed by atoms with Crippen molar-refractivity contribution in [1.29, 1.82) is 0 Å². The highest BCUT2D eigenvalue weighted by Gasteiger charge is 2.20. The second-order valence-corrected chi connectivity index (χ2v) is 7.49. The summed E-state index contributed by atoms with van der Waals surface area (Å²) in [6.45, 7) is 4.02. The smallest absolute Gasteiger partial charge is 0.130 e. The van der Waals surface area contributed by atoms with Crippen molar-refractivity contribution in [3.8, 4) is 0 Å². The molecular weight excluding hydrogens is 347 g/mol. The molecule has 0 aliphatic carbocycles. The van der Waals surface area contributed by atoms with Crippen LogP contribution in [-0.2, 0) is 12.8 Å². The van der Waals surface area contributed by atoms with Gasteiger partial charge in [-0.2, -0.15) is 0 Å². The molecule has 0 bridgehead atoms. The summed E-state index contributed by atoms with van der Waals surface area (Å²) in [6, 6.07) is 13.0. The highest BCUT2D eigenvalue weighted by molar-refractivity contribution is 6.31. The van der Waals surface area contributed by atoms with Gasteiger partial charge in [0.15, 0.2) is 0 Å². The van der Waals surface area contributed by atoms with Gasteiger partial charge in [0.2, 0.25) is 0 Å². The predicted molar refractivity (Wildman–Crippen MR) is 108 cm³/mol. The molecule has 3 aromatic rings. The van der Waals surface area contributed by atoms with E-state index in [9.17, 15) is 4.39 Å². The Kier molecular flexibility index (Phi) is 4.60. The van der Waals surface area contributed by atoms with E-state index in [1.54, 1.807) is 6.07 Å². The lowest BCUT2D eigenvalue weighted by atomic mass is 10.1. The Bertz CT molecular complexity index is 1000. The summed E-state index contributed by atoms with van der Waals surface area (Å²) in [7, 11) is 2.16. The number of hydrogen-bond donors (Lipinski definition) is 0. The van der Waals surface area contributed by atoms with Crippen LogP contribution < -0.4 is 0 Å². The van der Waals surface area contributed by atoms with Crippen LogP contribution >= 0.6 is 11.6 Å². The molecule has 4 heteroatoms. The normalized spacial score (nSPS) is 15.9. The van der Waals surface area contributed by atoms with Crippen molar-refractivity contribution in [3.05, 3.63) is 70.1 Å². The molecule has 0 spiro atoms. The van der Waals surface area contributed by atoms with Gasteiger partial charge in [-0.3, -0.25) is 0 Å². The third-order valence-electron chi connectivity index (χ3n) is 5.28. The van der Waals surface area contributed by atoms with E-state index in [0.717, 1.165) is 42.0 Å². The van der Waals surface area contributed by atoms with Crippen LogP contribution in [0.4, 0.5) is 4.39 Å². The summed E-state index contributed by atoms with van der Waals surface area (Å²) in [6.07, 6.45) is 4.04. The molecule has 2 heterocycles. The lowest BCUT2D eigenvalue weighted by Crippen LogP contribution is -2.21. The van der Waals surface area contributed by atoms with E-state index in [2.05, 4.69) is 34.8 Å². The van der Waals surface area contributed by atoms with E-state index in [0.29, 0.717) is 5.56 Å². The van der Waals surface area contributed by atoms with Crippen molar-refractivity contribution >= 4 is 34.3 Å². The number of rotatable bonds is 2. The van der Waals surface area contributed by atoms with Gasteiger partial charge in [0.05, 0.1) is 5.52 Å². The van der Waals surface area contributed by atoms with Gasteiger partial charge in [-0.15, -0.1) is 0 Å². The van der Waals surface area contributed by atoms with Crippen molar-refractivity contribution < 1.29 is 4.39 Å². The number of likely N-dealkylation sites (N-methyl/N-ethyl adjacent to an activating group) is 1. The van der Waals surface area contributed by atoms with E-state index in [1.807, 2.05) is 25.1 Å². The first kappa shape index (κ1) is 17.3. The number of benzene rings is 2. The maximum atomic E-state index is 14.2. The van der Waals surface area contributed by atoms with Crippen LogP contribution in [0.3, 0.4) is 0 Å². The third-order valence-corrected chi connectivity index (χ3v) is 5.51. The number of allylic oxidation sites excluding steroid dienone is 1. The van der Waals surface area contributed by atoms with Gasteiger partial charge in [0.25, 0.3) is 0 Å². The van der Waals surface area contributed by atoms with Gasteiger partial charge in [-0.25, -0.2) is 4.39 Å². The van der Waals surface area contributed by atoms with Gasteiger partial charge in [-0.1, -0.05) is 29.8 Å². The summed E-state index contributed by atoms with van der Waals surface area (Å²) in [5, 5.41) is 1.96. The summed E-state index contributed by atoms with van der Waals surface area (Å²) in [5.41, 5.74) is 5.37. The molecule has 4 rings (SSSR count). The van der Waals surface area contributed by atoms with Crippen LogP contribution in [0.25, 0.3) is 22.7 Å². The number of aromatic nitrogens is 1. The Morgan fingerprint density at radius 2 is 1.88 bits per heavy atom. The predicted octanol–water partition coefficient (Wildman–Crippen LogP) is 5.48. The van der Waals surface area contributed by atoms with Crippen LogP contribution in [0.2, 0.25) is 5.02 Å². The largest absolute Gasteiger partial charge is 0.320 e. The minimum Gasteiger partial charge on any atom is -0.320 e. The molecule has 0 radical (unpaired) electrons. The summed E-state index contributed by atoms with van der Waals surface area (Å²) < 4.78 is 16.5. The van der Waals surface area contributed by atoms with Gasteiger partial charge < -0.3 is 9.47 Å². The summed E-state index contributed by atoms with van der Waals surface area (Å²) in [4.78, 5) is 2.36. The molecule has 26 heavy (non-hydrogen) atoms. The molecule has 0 amide bonds. The average molecular weight is 369 g/mol. The first-order valence-electron chi connectivity index (χ1n) is 8.97. The van der Waals surface area contributed by atoms with Crippen LogP contribution in [0, 0.1) is 5.82 Å². The molecule has 0 unspecified atom stereocenters. The highest BCUT2D eigenvalue weighted by atomic mass is 35.5. The molecule has 0 fully saturated rings. The van der Waals surface area contributed by atoms with Crippen molar-refractivity contribution in [1.82, 2.24) is 9.47 Å². The maximum absolute atomic E-state index is 14.2. The Morgan fingerprint density at radius 1 is 1.12 bits per heavy atom. The SMILES string of the molecule is C/C(=C\n1c2c(c3cc(Cl)ccc31)CCN(C)CC2)c1ccccc1F. The molecule has 1 aliphatic heterocycles. The number of nitrogens with zero attached hydrogens (tertiary/aromatic N) is 2. The van der Waals surface area contributed by atoms with E-state index in [4.69, 9.17) is 11.6 Å². The lowest BCUT2D eigenvalue weighted by Gasteiger charge is -2.13. The molecule has 0 saturated heterocycles.